The zero-order chi connectivity index (χ0) is 15.9. The Labute approximate surface area is 136 Å². The number of nitrogens with one attached hydrogen (secondary N) is 2. The van der Waals surface area contributed by atoms with Crippen molar-refractivity contribution in [1.29, 1.82) is 0 Å². The van der Waals surface area contributed by atoms with E-state index >= 15 is 0 Å². The number of hydrogen-bond donors (Lipinski definition) is 2. The highest BCUT2D eigenvalue weighted by Gasteiger charge is 2.06. The van der Waals surface area contributed by atoms with E-state index in [1.165, 1.54) is 11.1 Å². The number of carbonyl (C=O) groups is 1. The number of rotatable bonds is 6. The summed E-state index contributed by atoms with van der Waals surface area (Å²) in [5.74, 6) is -0.0125. The van der Waals surface area contributed by atoms with Gasteiger partial charge in [-0.1, -0.05) is 36.7 Å². The summed E-state index contributed by atoms with van der Waals surface area (Å²) in [7, 11) is 0. The molecule has 0 heterocycles. The Hall–Kier alpha value is -2.00. The second kappa shape index (κ2) is 7.85. The van der Waals surface area contributed by atoms with Crippen molar-refractivity contribution in [2.75, 3.05) is 17.2 Å². The van der Waals surface area contributed by atoms with Crippen LogP contribution in [0.2, 0.25) is 5.02 Å². The van der Waals surface area contributed by atoms with Gasteiger partial charge in [0.15, 0.2) is 0 Å². The topological polar surface area (TPSA) is 41.1 Å². The molecule has 0 aromatic heterocycles. The minimum absolute atomic E-state index is 0.0125. The van der Waals surface area contributed by atoms with E-state index in [0.29, 0.717) is 18.0 Å². The molecule has 2 N–H and O–H groups in total. The summed E-state index contributed by atoms with van der Waals surface area (Å²) in [6.07, 6.45) is 1.39. The summed E-state index contributed by atoms with van der Waals surface area (Å²) >= 11 is 5.82. The molecule has 0 saturated carbocycles. The van der Waals surface area contributed by atoms with Gasteiger partial charge in [0.1, 0.15) is 0 Å². The number of aryl methyl sites for hydroxylation is 2. The second-order valence-electron chi connectivity index (χ2n) is 5.19. The minimum Gasteiger partial charge on any atom is -0.384 e. The number of para-hydroxylation sites is 1. The number of hydrogen-bond acceptors (Lipinski definition) is 2. The summed E-state index contributed by atoms with van der Waals surface area (Å²) in [5, 5.41) is 6.90. The maximum atomic E-state index is 11.9. The van der Waals surface area contributed by atoms with Crippen molar-refractivity contribution in [3.63, 3.8) is 0 Å². The lowest BCUT2D eigenvalue weighted by molar-refractivity contribution is -0.115. The lowest BCUT2D eigenvalue weighted by atomic mass is 10.1. The molecule has 4 heteroatoms. The first kappa shape index (κ1) is 16.4. The van der Waals surface area contributed by atoms with Crippen molar-refractivity contribution in [1.82, 2.24) is 0 Å². The van der Waals surface area contributed by atoms with Gasteiger partial charge in [-0.15, -0.1) is 0 Å². The Morgan fingerprint density at radius 3 is 2.55 bits per heavy atom. The molecule has 22 heavy (non-hydrogen) atoms. The van der Waals surface area contributed by atoms with E-state index in [-0.39, 0.29) is 5.91 Å². The predicted molar refractivity (Wildman–Crippen MR) is 93.7 cm³/mol. The molecule has 1 amide bonds. The molecule has 0 fully saturated rings. The van der Waals surface area contributed by atoms with Crippen LogP contribution in [0.25, 0.3) is 0 Å². The first-order valence-electron chi connectivity index (χ1n) is 7.48. The van der Waals surface area contributed by atoms with Gasteiger partial charge in [-0.2, -0.15) is 0 Å². The van der Waals surface area contributed by atoms with Crippen molar-refractivity contribution >= 4 is 28.9 Å². The standard InChI is InChI=1S/C18H21ClN2O/c1-3-14-6-4-5-13(2)18(14)20-12-11-17(22)21-16-9-7-15(19)8-10-16/h4-10,20H,3,11-12H2,1-2H3,(H,21,22). The van der Waals surface area contributed by atoms with Crippen LogP contribution < -0.4 is 10.6 Å². The zero-order valence-corrected chi connectivity index (χ0v) is 13.7. The van der Waals surface area contributed by atoms with Crippen molar-refractivity contribution in [2.45, 2.75) is 26.7 Å². The van der Waals surface area contributed by atoms with E-state index in [1.54, 1.807) is 24.3 Å². The lowest BCUT2D eigenvalue weighted by Gasteiger charge is -2.14. The van der Waals surface area contributed by atoms with E-state index in [4.69, 9.17) is 11.6 Å². The molecule has 2 aromatic carbocycles. The van der Waals surface area contributed by atoms with Crippen LogP contribution in [0.5, 0.6) is 0 Å². The molecule has 2 rings (SSSR count). The fraction of sp³-hybridized carbons (Fsp3) is 0.278. The zero-order valence-electron chi connectivity index (χ0n) is 12.9. The average Bonchev–Trinajstić information content (AvgIpc) is 2.51. The van der Waals surface area contributed by atoms with Crippen molar-refractivity contribution in [3.8, 4) is 0 Å². The van der Waals surface area contributed by atoms with Gasteiger partial charge in [0.2, 0.25) is 5.91 Å². The molecule has 0 spiro atoms. The molecule has 0 aliphatic rings. The second-order valence-corrected chi connectivity index (χ2v) is 5.63. The predicted octanol–water partition coefficient (Wildman–Crippen LogP) is 4.65. The number of carbonyl (C=O) groups excluding carboxylic acids is 1. The quantitative estimate of drug-likeness (QED) is 0.814. The Morgan fingerprint density at radius 1 is 1.14 bits per heavy atom. The van der Waals surface area contributed by atoms with Gasteiger partial charge in [0.05, 0.1) is 0 Å². The van der Waals surface area contributed by atoms with Crippen molar-refractivity contribution in [2.24, 2.45) is 0 Å². The fourth-order valence-corrected chi connectivity index (χ4v) is 2.46. The van der Waals surface area contributed by atoms with Crippen LogP contribution >= 0.6 is 11.6 Å². The van der Waals surface area contributed by atoms with Gasteiger partial charge in [0, 0.05) is 29.4 Å². The van der Waals surface area contributed by atoms with Crippen LogP contribution in [-0.4, -0.2) is 12.5 Å². The maximum Gasteiger partial charge on any atom is 0.226 e. The Morgan fingerprint density at radius 2 is 1.86 bits per heavy atom. The van der Waals surface area contributed by atoms with E-state index in [1.807, 2.05) is 0 Å². The molecular formula is C18H21ClN2O. The van der Waals surface area contributed by atoms with Gasteiger partial charge >= 0.3 is 0 Å². The van der Waals surface area contributed by atoms with E-state index < -0.39 is 0 Å². The highest BCUT2D eigenvalue weighted by molar-refractivity contribution is 6.30. The van der Waals surface area contributed by atoms with Crippen LogP contribution in [0.3, 0.4) is 0 Å². The number of benzene rings is 2. The molecular weight excluding hydrogens is 296 g/mol. The van der Waals surface area contributed by atoms with E-state index in [9.17, 15) is 4.79 Å². The van der Waals surface area contributed by atoms with Gasteiger partial charge in [-0.05, 0) is 48.7 Å². The molecule has 0 radical (unpaired) electrons. The minimum atomic E-state index is -0.0125. The molecule has 0 aliphatic carbocycles. The molecule has 0 bridgehead atoms. The van der Waals surface area contributed by atoms with E-state index in [0.717, 1.165) is 17.8 Å². The van der Waals surface area contributed by atoms with E-state index in [2.05, 4.69) is 42.7 Å². The number of amides is 1. The normalized spacial score (nSPS) is 10.3. The Balaban J connectivity index is 1.86. The van der Waals surface area contributed by atoms with Gasteiger partial charge in [0.25, 0.3) is 0 Å². The first-order chi connectivity index (χ1) is 10.6. The van der Waals surface area contributed by atoms with Crippen LogP contribution in [0.1, 0.15) is 24.5 Å². The molecule has 0 aliphatic heterocycles. The molecule has 2 aromatic rings. The number of halogens is 1. The largest absolute Gasteiger partial charge is 0.384 e. The molecule has 3 nitrogen and oxygen atoms in total. The van der Waals surface area contributed by atoms with Crippen LogP contribution in [0.4, 0.5) is 11.4 Å². The monoisotopic (exact) mass is 316 g/mol. The first-order valence-corrected chi connectivity index (χ1v) is 7.85. The highest BCUT2D eigenvalue weighted by atomic mass is 35.5. The average molecular weight is 317 g/mol. The molecule has 116 valence electrons. The molecule has 0 unspecified atom stereocenters. The summed E-state index contributed by atoms with van der Waals surface area (Å²) in [6, 6.07) is 13.4. The lowest BCUT2D eigenvalue weighted by Crippen LogP contribution is -2.17. The fourth-order valence-electron chi connectivity index (χ4n) is 2.33. The third-order valence-electron chi connectivity index (χ3n) is 3.52. The Kier molecular flexibility index (Phi) is 5.84. The summed E-state index contributed by atoms with van der Waals surface area (Å²) in [5.41, 5.74) is 4.39. The Bertz CT molecular complexity index is 638. The van der Waals surface area contributed by atoms with Gasteiger partial charge < -0.3 is 10.6 Å². The summed E-state index contributed by atoms with van der Waals surface area (Å²) < 4.78 is 0. The van der Waals surface area contributed by atoms with Crippen LogP contribution in [0.15, 0.2) is 42.5 Å². The van der Waals surface area contributed by atoms with Gasteiger partial charge in [-0.25, -0.2) is 0 Å². The van der Waals surface area contributed by atoms with Crippen LogP contribution in [0, 0.1) is 6.92 Å². The number of anilines is 2. The maximum absolute atomic E-state index is 11.9. The highest BCUT2D eigenvalue weighted by Crippen LogP contribution is 2.21. The SMILES string of the molecule is CCc1cccc(C)c1NCCC(=O)Nc1ccc(Cl)cc1. The van der Waals surface area contributed by atoms with Crippen molar-refractivity contribution < 1.29 is 4.79 Å². The van der Waals surface area contributed by atoms with Crippen LogP contribution in [-0.2, 0) is 11.2 Å². The molecule has 0 atom stereocenters. The third kappa shape index (κ3) is 4.50. The summed E-state index contributed by atoms with van der Waals surface area (Å²) in [4.78, 5) is 11.9. The smallest absolute Gasteiger partial charge is 0.226 e. The van der Waals surface area contributed by atoms with Crippen molar-refractivity contribution in [3.05, 3.63) is 58.6 Å². The third-order valence-corrected chi connectivity index (χ3v) is 3.77. The summed E-state index contributed by atoms with van der Waals surface area (Å²) in [6.45, 7) is 4.82. The van der Waals surface area contributed by atoms with Gasteiger partial charge in [-0.3, -0.25) is 4.79 Å². The molecule has 0 saturated heterocycles.